The zero-order valence-corrected chi connectivity index (χ0v) is 14.8. The van der Waals surface area contributed by atoms with E-state index in [1.165, 1.54) is 6.20 Å². The van der Waals surface area contributed by atoms with Gasteiger partial charge in [-0.15, -0.1) is 0 Å². The second kappa shape index (κ2) is 8.97. The van der Waals surface area contributed by atoms with Crippen molar-refractivity contribution in [3.63, 3.8) is 0 Å². The predicted octanol–water partition coefficient (Wildman–Crippen LogP) is 3.30. The number of amides is 1. The van der Waals surface area contributed by atoms with E-state index in [1.807, 2.05) is 6.92 Å². The zero-order chi connectivity index (χ0) is 17.5. The first-order valence-corrected chi connectivity index (χ1v) is 8.44. The number of aromatic nitrogens is 2. The van der Waals surface area contributed by atoms with Crippen molar-refractivity contribution in [3.05, 3.63) is 57.8 Å². The molecule has 0 aliphatic heterocycles. The van der Waals surface area contributed by atoms with Gasteiger partial charge < -0.3 is 10.0 Å². The van der Waals surface area contributed by atoms with Crippen LogP contribution in [-0.4, -0.2) is 39.2 Å². The average molecular weight is 368 g/mol. The van der Waals surface area contributed by atoms with Crippen molar-refractivity contribution < 1.29 is 9.90 Å². The smallest absolute Gasteiger partial charge is 0.227 e. The summed E-state index contributed by atoms with van der Waals surface area (Å²) in [5, 5.41) is 18.8. The number of hydrogen-bond donors (Lipinski definition) is 1. The van der Waals surface area contributed by atoms with E-state index in [1.54, 1.807) is 35.2 Å². The van der Waals surface area contributed by atoms with E-state index >= 15 is 0 Å². The van der Waals surface area contributed by atoms with Crippen molar-refractivity contribution in [2.24, 2.45) is 0 Å². The first kappa shape index (κ1) is 18.6. The highest BCUT2D eigenvalue weighted by Crippen LogP contribution is 2.23. The third-order valence-electron chi connectivity index (χ3n) is 3.51. The quantitative estimate of drug-likeness (QED) is 0.815. The van der Waals surface area contributed by atoms with Crippen LogP contribution in [0.2, 0.25) is 10.0 Å². The van der Waals surface area contributed by atoms with E-state index in [9.17, 15) is 9.90 Å². The van der Waals surface area contributed by atoms with E-state index < -0.39 is 6.10 Å². The lowest BCUT2D eigenvalue weighted by Crippen LogP contribution is -2.36. The third-order valence-corrected chi connectivity index (χ3v) is 4.25. The molecule has 1 aromatic carbocycles. The molecule has 1 unspecified atom stereocenters. The molecule has 1 amide bonds. The molecular weight excluding hydrogens is 349 g/mol. The molecule has 24 heavy (non-hydrogen) atoms. The Morgan fingerprint density at radius 1 is 1.29 bits per heavy atom. The number of hydrogen-bond acceptors (Lipinski definition) is 4. The van der Waals surface area contributed by atoms with Gasteiger partial charge in [0.05, 0.1) is 28.7 Å². The SMILES string of the molecule is CCCN(CC(O)c1cccnn1)C(=O)Cc1ccc(Cl)c(Cl)c1. The number of benzene rings is 1. The molecule has 0 aliphatic rings. The van der Waals surface area contributed by atoms with Crippen LogP contribution in [0.1, 0.15) is 30.7 Å². The van der Waals surface area contributed by atoms with Gasteiger partial charge in [0, 0.05) is 12.7 Å². The van der Waals surface area contributed by atoms with Crippen molar-refractivity contribution in [2.45, 2.75) is 25.9 Å². The van der Waals surface area contributed by atoms with Crippen LogP contribution in [-0.2, 0) is 11.2 Å². The maximum Gasteiger partial charge on any atom is 0.227 e. The largest absolute Gasteiger partial charge is 0.385 e. The number of halogens is 2. The molecule has 0 bridgehead atoms. The number of aliphatic hydroxyl groups excluding tert-OH is 1. The second-order valence-electron chi connectivity index (χ2n) is 5.43. The molecule has 2 aromatic rings. The summed E-state index contributed by atoms with van der Waals surface area (Å²) in [5.41, 5.74) is 1.23. The minimum absolute atomic E-state index is 0.0850. The normalized spacial score (nSPS) is 12.0. The first-order chi connectivity index (χ1) is 11.5. The number of rotatable bonds is 7. The van der Waals surface area contributed by atoms with Crippen LogP contribution in [0, 0.1) is 0 Å². The number of nitrogens with zero attached hydrogens (tertiary/aromatic N) is 3. The summed E-state index contributed by atoms with van der Waals surface area (Å²) in [5.74, 6) is -0.0850. The van der Waals surface area contributed by atoms with Gasteiger partial charge in [-0.25, -0.2) is 0 Å². The summed E-state index contributed by atoms with van der Waals surface area (Å²) < 4.78 is 0. The minimum atomic E-state index is -0.872. The Bertz CT molecular complexity index is 683. The van der Waals surface area contributed by atoms with Crippen molar-refractivity contribution in [2.75, 3.05) is 13.1 Å². The maximum absolute atomic E-state index is 12.6. The highest BCUT2D eigenvalue weighted by atomic mass is 35.5. The second-order valence-corrected chi connectivity index (χ2v) is 6.24. The van der Waals surface area contributed by atoms with Gasteiger partial charge in [-0.2, -0.15) is 10.2 Å². The maximum atomic E-state index is 12.6. The number of aliphatic hydroxyl groups is 1. The molecule has 1 heterocycles. The van der Waals surface area contributed by atoms with Crippen LogP contribution >= 0.6 is 23.2 Å². The van der Waals surface area contributed by atoms with E-state index in [0.717, 1.165) is 12.0 Å². The molecule has 1 N–H and O–H groups in total. The summed E-state index contributed by atoms with van der Waals surface area (Å²) in [7, 11) is 0. The van der Waals surface area contributed by atoms with Crippen LogP contribution in [0.25, 0.3) is 0 Å². The molecule has 5 nitrogen and oxygen atoms in total. The molecule has 0 radical (unpaired) electrons. The fraction of sp³-hybridized carbons (Fsp3) is 0.353. The van der Waals surface area contributed by atoms with Gasteiger partial charge in [-0.1, -0.05) is 36.2 Å². The van der Waals surface area contributed by atoms with E-state index in [-0.39, 0.29) is 18.9 Å². The van der Waals surface area contributed by atoms with Gasteiger partial charge in [-0.3, -0.25) is 4.79 Å². The fourth-order valence-electron chi connectivity index (χ4n) is 2.32. The van der Waals surface area contributed by atoms with Gasteiger partial charge in [0.2, 0.25) is 5.91 Å². The lowest BCUT2D eigenvalue weighted by molar-refractivity contribution is -0.132. The third kappa shape index (κ3) is 5.16. The van der Waals surface area contributed by atoms with E-state index in [2.05, 4.69) is 10.2 Å². The molecule has 0 saturated carbocycles. The van der Waals surface area contributed by atoms with Crippen LogP contribution in [0.4, 0.5) is 0 Å². The van der Waals surface area contributed by atoms with Gasteiger partial charge in [0.15, 0.2) is 0 Å². The Labute approximate surface area is 151 Å². The lowest BCUT2D eigenvalue weighted by atomic mass is 10.1. The summed E-state index contributed by atoms with van der Waals surface area (Å²) in [4.78, 5) is 14.2. The summed E-state index contributed by atoms with van der Waals surface area (Å²) in [6, 6.07) is 8.52. The highest BCUT2D eigenvalue weighted by Gasteiger charge is 2.19. The highest BCUT2D eigenvalue weighted by molar-refractivity contribution is 6.42. The molecule has 7 heteroatoms. The number of carbonyl (C=O) groups excluding carboxylic acids is 1. The van der Waals surface area contributed by atoms with Gasteiger partial charge in [0.1, 0.15) is 6.10 Å². The molecule has 2 rings (SSSR count). The van der Waals surface area contributed by atoms with E-state index in [0.29, 0.717) is 22.3 Å². The van der Waals surface area contributed by atoms with Crippen molar-refractivity contribution in [1.29, 1.82) is 0 Å². The topological polar surface area (TPSA) is 66.3 Å². The predicted molar refractivity (Wildman–Crippen MR) is 94.0 cm³/mol. The van der Waals surface area contributed by atoms with Crippen LogP contribution in [0.3, 0.4) is 0 Å². The monoisotopic (exact) mass is 367 g/mol. The Hall–Kier alpha value is -1.69. The first-order valence-electron chi connectivity index (χ1n) is 7.68. The summed E-state index contributed by atoms with van der Waals surface area (Å²) in [6.45, 7) is 2.71. The molecule has 0 aliphatic carbocycles. The minimum Gasteiger partial charge on any atom is -0.385 e. The van der Waals surface area contributed by atoms with Crippen LogP contribution < -0.4 is 0 Å². The molecule has 0 fully saturated rings. The Morgan fingerprint density at radius 2 is 2.08 bits per heavy atom. The van der Waals surface area contributed by atoms with Crippen molar-refractivity contribution >= 4 is 29.1 Å². The van der Waals surface area contributed by atoms with Gasteiger partial charge in [0.25, 0.3) is 0 Å². The number of carbonyl (C=O) groups is 1. The Morgan fingerprint density at radius 3 is 2.71 bits per heavy atom. The molecule has 128 valence electrons. The molecule has 0 spiro atoms. The average Bonchev–Trinajstić information content (AvgIpc) is 2.58. The lowest BCUT2D eigenvalue weighted by Gasteiger charge is -2.24. The molecule has 1 atom stereocenters. The van der Waals surface area contributed by atoms with E-state index in [4.69, 9.17) is 23.2 Å². The molecule has 1 aromatic heterocycles. The Kier molecular flexibility index (Phi) is 6.97. The molecular formula is C17H19Cl2N3O2. The summed E-state index contributed by atoms with van der Waals surface area (Å²) >= 11 is 11.9. The van der Waals surface area contributed by atoms with Gasteiger partial charge >= 0.3 is 0 Å². The fourth-order valence-corrected chi connectivity index (χ4v) is 2.64. The van der Waals surface area contributed by atoms with Crippen molar-refractivity contribution in [3.8, 4) is 0 Å². The van der Waals surface area contributed by atoms with Crippen molar-refractivity contribution in [1.82, 2.24) is 15.1 Å². The van der Waals surface area contributed by atoms with Gasteiger partial charge in [-0.05, 0) is 36.2 Å². The Balaban J connectivity index is 2.05. The van der Waals surface area contributed by atoms with Crippen LogP contribution in [0.5, 0.6) is 0 Å². The molecule has 0 saturated heterocycles. The summed E-state index contributed by atoms with van der Waals surface area (Å²) in [6.07, 6.45) is 1.66. The van der Waals surface area contributed by atoms with Crippen LogP contribution in [0.15, 0.2) is 36.5 Å². The zero-order valence-electron chi connectivity index (χ0n) is 13.3. The standard InChI is InChI=1S/C17H19Cl2N3O2/c1-2-8-22(11-16(23)15-4-3-7-20-21-15)17(24)10-12-5-6-13(18)14(19)9-12/h3-7,9,16,23H,2,8,10-11H2,1H3.